The second kappa shape index (κ2) is 18.7. The first-order valence-corrected chi connectivity index (χ1v) is 9.11. The summed E-state index contributed by atoms with van der Waals surface area (Å²) < 4.78 is 0. The van der Waals surface area contributed by atoms with Crippen molar-refractivity contribution in [2.24, 2.45) is 15.0 Å². The molecule has 0 heterocycles. The molecule has 0 atom stereocenters. The number of urea groups is 2. The zero-order chi connectivity index (χ0) is 20.9. The Labute approximate surface area is 163 Å². The van der Waals surface area contributed by atoms with E-state index in [2.05, 4.69) is 25.6 Å². The lowest BCUT2D eigenvalue weighted by atomic mass is 10.2. The highest BCUT2D eigenvalue weighted by Gasteiger charge is 2.20. The summed E-state index contributed by atoms with van der Waals surface area (Å²) in [5.41, 5.74) is 0. The van der Waals surface area contributed by atoms with Gasteiger partial charge in [0.05, 0.1) is 26.2 Å². The Morgan fingerprint density at radius 1 is 0.643 bits per heavy atom. The predicted molar refractivity (Wildman–Crippen MR) is 100 cm³/mol. The maximum atomic E-state index is 12.2. The van der Waals surface area contributed by atoms with E-state index < -0.39 is 12.1 Å². The van der Waals surface area contributed by atoms with Gasteiger partial charge in [-0.05, 0) is 38.5 Å². The van der Waals surface area contributed by atoms with Crippen LogP contribution in [0.5, 0.6) is 0 Å². The molecule has 28 heavy (non-hydrogen) atoms. The van der Waals surface area contributed by atoms with Crippen molar-refractivity contribution in [3.8, 4) is 0 Å². The van der Waals surface area contributed by atoms with E-state index in [9.17, 15) is 24.0 Å². The van der Waals surface area contributed by atoms with Crippen LogP contribution in [0.15, 0.2) is 15.0 Å². The van der Waals surface area contributed by atoms with E-state index >= 15 is 0 Å². The van der Waals surface area contributed by atoms with Gasteiger partial charge in [0.1, 0.15) is 0 Å². The van der Waals surface area contributed by atoms with Crippen LogP contribution in [-0.2, 0) is 14.4 Å². The van der Waals surface area contributed by atoms with Gasteiger partial charge >= 0.3 is 12.1 Å². The van der Waals surface area contributed by atoms with Gasteiger partial charge < -0.3 is 10.6 Å². The molecule has 0 saturated heterocycles. The van der Waals surface area contributed by atoms with E-state index in [0.717, 1.165) is 17.7 Å². The number of rotatable bonds is 15. The van der Waals surface area contributed by atoms with Crippen molar-refractivity contribution < 1.29 is 24.0 Å². The highest BCUT2D eigenvalue weighted by molar-refractivity contribution is 5.93. The van der Waals surface area contributed by atoms with Gasteiger partial charge in [-0.3, -0.25) is 0 Å². The molecular weight excluding hydrogens is 368 g/mol. The van der Waals surface area contributed by atoms with Crippen LogP contribution in [0.2, 0.25) is 0 Å². The van der Waals surface area contributed by atoms with E-state index in [0.29, 0.717) is 51.9 Å². The van der Waals surface area contributed by atoms with Gasteiger partial charge in [0.15, 0.2) is 0 Å². The van der Waals surface area contributed by atoms with Crippen molar-refractivity contribution in [2.75, 3.05) is 39.3 Å². The lowest BCUT2D eigenvalue weighted by molar-refractivity contribution is 0.186. The SMILES string of the molecule is O=C=NCCCCCNC(=O)N(CCN=C=O)C(=O)NCCCCCN=C=O. The average molecular weight is 394 g/mol. The highest BCUT2D eigenvalue weighted by Crippen LogP contribution is 1.98. The van der Waals surface area contributed by atoms with Gasteiger partial charge in [0.2, 0.25) is 18.2 Å². The third kappa shape index (κ3) is 14.1. The Hall–Kier alpha value is -3.12. The molecule has 11 nitrogen and oxygen atoms in total. The molecule has 0 bridgehead atoms. The largest absolute Gasteiger partial charge is 0.338 e. The number of nitrogens with one attached hydrogen (secondary N) is 2. The Morgan fingerprint density at radius 2 is 1.07 bits per heavy atom. The Kier molecular flexibility index (Phi) is 16.6. The lowest BCUT2D eigenvalue weighted by Gasteiger charge is -2.21. The molecule has 0 rings (SSSR count). The fourth-order valence-electron chi connectivity index (χ4n) is 2.15. The summed E-state index contributed by atoms with van der Waals surface area (Å²) in [5, 5.41) is 5.27. The van der Waals surface area contributed by atoms with E-state index in [4.69, 9.17) is 0 Å². The molecule has 4 amide bonds. The molecule has 0 spiro atoms. The monoisotopic (exact) mass is 394 g/mol. The summed E-state index contributed by atoms with van der Waals surface area (Å²) in [6, 6.07) is -1.16. The first-order valence-electron chi connectivity index (χ1n) is 9.11. The maximum Gasteiger partial charge on any atom is 0.325 e. The standard InChI is InChI=1S/C17H26N6O5/c24-13-18-7-3-1-5-9-21-16(27)23(12-11-20-15-26)17(28)22-10-6-2-4-8-19-14-25/h1-12H2,(H,21,27)(H,22,28). The normalized spacial score (nSPS) is 9.29. The number of hydrogen-bond donors (Lipinski definition) is 2. The van der Waals surface area contributed by atoms with Gasteiger partial charge in [-0.15, -0.1) is 0 Å². The van der Waals surface area contributed by atoms with Crippen molar-refractivity contribution in [1.29, 1.82) is 0 Å². The second-order valence-electron chi connectivity index (χ2n) is 5.66. The summed E-state index contributed by atoms with van der Waals surface area (Å²) in [6.45, 7) is 1.45. The smallest absolute Gasteiger partial charge is 0.325 e. The number of hydrogen-bond acceptors (Lipinski definition) is 8. The summed E-state index contributed by atoms with van der Waals surface area (Å²) in [5.74, 6) is 0. The minimum absolute atomic E-state index is 0.0300. The minimum Gasteiger partial charge on any atom is -0.338 e. The molecule has 2 N–H and O–H groups in total. The van der Waals surface area contributed by atoms with Crippen LogP contribution >= 0.6 is 0 Å². The lowest BCUT2D eigenvalue weighted by Crippen LogP contribution is -2.49. The number of nitrogens with zero attached hydrogens (tertiary/aromatic N) is 4. The number of isocyanates is 3. The third-order valence-electron chi connectivity index (χ3n) is 3.57. The molecular formula is C17H26N6O5. The van der Waals surface area contributed by atoms with Crippen molar-refractivity contribution in [1.82, 2.24) is 15.5 Å². The topological polar surface area (TPSA) is 150 Å². The van der Waals surface area contributed by atoms with Crippen LogP contribution in [0.4, 0.5) is 9.59 Å². The summed E-state index contributed by atoms with van der Waals surface area (Å²) in [4.78, 5) is 65.7. The van der Waals surface area contributed by atoms with Crippen LogP contribution in [0.3, 0.4) is 0 Å². The quantitative estimate of drug-likeness (QED) is 0.242. The molecule has 11 heteroatoms. The predicted octanol–water partition coefficient (Wildman–Crippen LogP) is 1.06. The van der Waals surface area contributed by atoms with Crippen molar-refractivity contribution in [3.05, 3.63) is 0 Å². The Morgan fingerprint density at radius 3 is 1.50 bits per heavy atom. The molecule has 0 fully saturated rings. The van der Waals surface area contributed by atoms with E-state index in [-0.39, 0.29) is 13.1 Å². The van der Waals surface area contributed by atoms with Gasteiger partial charge in [-0.25, -0.2) is 43.8 Å². The maximum absolute atomic E-state index is 12.2. The van der Waals surface area contributed by atoms with Gasteiger partial charge in [0, 0.05) is 13.1 Å². The zero-order valence-electron chi connectivity index (χ0n) is 15.8. The number of carbonyl (C=O) groups is 2. The summed E-state index contributed by atoms with van der Waals surface area (Å²) in [7, 11) is 0. The number of amides is 4. The molecule has 0 aliphatic carbocycles. The molecule has 0 aromatic heterocycles. The molecule has 0 aromatic rings. The second-order valence-corrected chi connectivity index (χ2v) is 5.66. The molecule has 0 aliphatic heterocycles. The van der Waals surface area contributed by atoms with Gasteiger partial charge in [-0.1, -0.05) is 0 Å². The first kappa shape index (κ1) is 24.9. The van der Waals surface area contributed by atoms with Crippen LogP contribution in [0.1, 0.15) is 38.5 Å². The van der Waals surface area contributed by atoms with Crippen LogP contribution in [0.25, 0.3) is 0 Å². The van der Waals surface area contributed by atoms with Crippen molar-refractivity contribution >= 4 is 30.3 Å². The van der Waals surface area contributed by atoms with Crippen LogP contribution in [0, 0.1) is 0 Å². The Balaban J connectivity index is 4.27. The fraction of sp³-hybridized carbons (Fsp3) is 0.706. The van der Waals surface area contributed by atoms with Crippen molar-refractivity contribution in [2.45, 2.75) is 38.5 Å². The first-order chi connectivity index (χ1) is 13.7. The molecule has 0 unspecified atom stereocenters. The average Bonchev–Trinajstić information content (AvgIpc) is 2.69. The fourth-order valence-corrected chi connectivity index (χ4v) is 2.15. The molecule has 0 aromatic carbocycles. The number of carbonyl (C=O) groups excluding carboxylic acids is 5. The van der Waals surface area contributed by atoms with Gasteiger partial charge in [-0.2, -0.15) is 0 Å². The number of unbranched alkanes of at least 4 members (excludes halogenated alkanes) is 4. The van der Waals surface area contributed by atoms with Crippen molar-refractivity contribution in [3.63, 3.8) is 0 Å². The summed E-state index contributed by atoms with van der Waals surface area (Å²) >= 11 is 0. The number of aliphatic imine (C=N–C) groups is 3. The van der Waals surface area contributed by atoms with E-state index in [1.54, 1.807) is 0 Å². The molecule has 154 valence electrons. The molecule has 0 aliphatic rings. The third-order valence-corrected chi connectivity index (χ3v) is 3.57. The molecule has 0 radical (unpaired) electrons. The Bertz CT molecular complexity index is 565. The van der Waals surface area contributed by atoms with Crippen LogP contribution in [-0.4, -0.2) is 74.5 Å². The summed E-state index contributed by atoms with van der Waals surface area (Å²) in [6.07, 6.45) is 8.58. The van der Waals surface area contributed by atoms with Gasteiger partial charge in [0.25, 0.3) is 0 Å². The zero-order valence-corrected chi connectivity index (χ0v) is 15.8. The highest BCUT2D eigenvalue weighted by atomic mass is 16.2. The number of imide groups is 1. The minimum atomic E-state index is -0.579. The van der Waals surface area contributed by atoms with Crippen LogP contribution < -0.4 is 10.6 Å². The molecule has 0 saturated carbocycles. The van der Waals surface area contributed by atoms with E-state index in [1.807, 2.05) is 0 Å². The van der Waals surface area contributed by atoms with E-state index in [1.165, 1.54) is 18.2 Å².